The Bertz CT molecular complexity index is 243. The van der Waals surface area contributed by atoms with Crippen LogP contribution in [-0.2, 0) is 14.3 Å². The number of likely N-dealkylation sites (N-methyl/N-ethyl adjacent to an activating group) is 1. The average Bonchev–Trinajstić information content (AvgIpc) is 2.25. The van der Waals surface area contributed by atoms with Crippen LogP contribution in [-0.4, -0.2) is 37.6 Å². The van der Waals surface area contributed by atoms with Gasteiger partial charge in [-0.2, -0.15) is 0 Å². The quantitative estimate of drug-likeness (QED) is 0.684. The maximum Gasteiger partial charge on any atom is 0.248 e. The summed E-state index contributed by atoms with van der Waals surface area (Å²) in [5, 5.41) is 5.27. The van der Waals surface area contributed by atoms with Gasteiger partial charge in [0.1, 0.15) is 6.10 Å². The van der Waals surface area contributed by atoms with Gasteiger partial charge >= 0.3 is 0 Å². The standard InChI is InChI=1S/C10H18N2O3/c1-7(13)12-6-8-4-3-5-9(15-8)10(14)11-2/h8-9H,3-6H2,1-2H3,(H,11,14)(H,12,13). The molecule has 1 aliphatic rings. The summed E-state index contributed by atoms with van der Waals surface area (Å²) in [5.74, 6) is -0.150. The van der Waals surface area contributed by atoms with E-state index in [1.165, 1.54) is 6.92 Å². The van der Waals surface area contributed by atoms with E-state index in [1.807, 2.05) is 0 Å². The molecule has 2 N–H and O–H groups in total. The Labute approximate surface area is 89.6 Å². The number of ether oxygens (including phenoxy) is 1. The van der Waals surface area contributed by atoms with Gasteiger partial charge in [0.05, 0.1) is 6.10 Å². The molecule has 1 aliphatic heterocycles. The highest BCUT2D eigenvalue weighted by atomic mass is 16.5. The molecule has 0 aromatic heterocycles. The van der Waals surface area contributed by atoms with E-state index in [4.69, 9.17) is 4.74 Å². The molecule has 1 saturated heterocycles. The van der Waals surface area contributed by atoms with Crippen molar-refractivity contribution in [2.75, 3.05) is 13.6 Å². The van der Waals surface area contributed by atoms with E-state index >= 15 is 0 Å². The number of carbonyl (C=O) groups excluding carboxylic acids is 2. The number of hydrogen-bond donors (Lipinski definition) is 2. The normalized spacial score (nSPS) is 25.7. The summed E-state index contributed by atoms with van der Waals surface area (Å²) in [6.07, 6.45) is 2.22. The highest BCUT2D eigenvalue weighted by Gasteiger charge is 2.26. The second-order valence-corrected chi connectivity index (χ2v) is 3.73. The SMILES string of the molecule is CNC(=O)C1CCCC(CNC(C)=O)O1. The van der Waals surface area contributed by atoms with Crippen LogP contribution in [0.5, 0.6) is 0 Å². The molecular formula is C10H18N2O3. The van der Waals surface area contributed by atoms with Gasteiger partial charge in [0.25, 0.3) is 0 Å². The Morgan fingerprint density at radius 3 is 2.73 bits per heavy atom. The zero-order valence-corrected chi connectivity index (χ0v) is 9.21. The van der Waals surface area contributed by atoms with Crippen LogP contribution in [0.3, 0.4) is 0 Å². The summed E-state index contributed by atoms with van der Waals surface area (Å²) in [6, 6.07) is 0. The summed E-state index contributed by atoms with van der Waals surface area (Å²) < 4.78 is 5.56. The minimum atomic E-state index is -0.359. The largest absolute Gasteiger partial charge is 0.363 e. The van der Waals surface area contributed by atoms with Crippen molar-refractivity contribution < 1.29 is 14.3 Å². The third-order valence-corrected chi connectivity index (χ3v) is 2.47. The minimum Gasteiger partial charge on any atom is -0.363 e. The van der Waals surface area contributed by atoms with E-state index in [9.17, 15) is 9.59 Å². The fourth-order valence-corrected chi connectivity index (χ4v) is 1.66. The summed E-state index contributed by atoms with van der Waals surface area (Å²) >= 11 is 0. The molecule has 0 aliphatic carbocycles. The Hall–Kier alpha value is -1.10. The van der Waals surface area contributed by atoms with Gasteiger partial charge < -0.3 is 15.4 Å². The molecule has 2 amide bonds. The Kier molecular flexibility index (Phi) is 4.55. The predicted molar refractivity (Wildman–Crippen MR) is 55.3 cm³/mol. The second kappa shape index (κ2) is 5.70. The first-order valence-electron chi connectivity index (χ1n) is 5.25. The first-order valence-corrected chi connectivity index (χ1v) is 5.25. The van der Waals surface area contributed by atoms with Crippen molar-refractivity contribution in [2.24, 2.45) is 0 Å². The van der Waals surface area contributed by atoms with Crippen molar-refractivity contribution in [3.63, 3.8) is 0 Å². The van der Waals surface area contributed by atoms with Gasteiger partial charge in [-0.25, -0.2) is 0 Å². The van der Waals surface area contributed by atoms with Gasteiger partial charge in [0.15, 0.2) is 0 Å². The molecule has 0 aromatic rings. The minimum absolute atomic E-state index is 0.0371. The van der Waals surface area contributed by atoms with Crippen molar-refractivity contribution in [2.45, 2.75) is 38.4 Å². The van der Waals surface area contributed by atoms with Crippen molar-refractivity contribution in [3.05, 3.63) is 0 Å². The van der Waals surface area contributed by atoms with E-state index in [0.29, 0.717) is 6.54 Å². The summed E-state index contributed by atoms with van der Waals surface area (Å²) in [4.78, 5) is 22.0. The second-order valence-electron chi connectivity index (χ2n) is 3.73. The maximum atomic E-state index is 11.3. The fraction of sp³-hybridized carbons (Fsp3) is 0.800. The number of nitrogens with one attached hydrogen (secondary N) is 2. The highest BCUT2D eigenvalue weighted by Crippen LogP contribution is 2.18. The summed E-state index contributed by atoms with van der Waals surface area (Å²) in [7, 11) is 1.60. The van der Waals surface area contributed by atoms with Crippen LogP contribution in [0, 0.1) is 0 Å². The van der Waals surface area contributed by atoms with Crippen LogP contribution in [0.2, 0.25) is 0 Å². The van der Waals surface area contributed by atoms with Crippen molar-refractivity contribution in [3.8, 4) is 0 Å². The zero-order valence-electron chi connectivity index (χ0n) is 9.21. The molecule has 0 aromatic carbocycles. The lowest BCUT2D eigenvalue weighted by molar-refractivity contribution is -0.141. The Morgan fingerprint density at radius 1 is 1.40 bits per heavy atom. The lowest BCUT2D eigenvalue weighted by Crippen LogP contribution is -2.43. The lowest BCUT2D eigenvalue weighted by atomic mass is 10.0. The summed E-state index contributed by atoms with van der Waals surface area (Å²) in [6.45, 7) is 1.96. The van der Waals surface area contributed by atoms with Crippen LogP contribution < -0.4 is 10.6 Å². The molecule has 0 spiro atoms. The van der Waals surface area contributed by atoms with Crippen molar-refractivity contribution in [1.82, 2.24) is 10.6 Å². The van der Waals surface area contributed by atoms with Gasteiger partial charge in [-0.15, -0.1) is 0 Å². The number of rotatable bonds is 3. The highest BCUT2D eigenvalue weighted by molar-refractivity contribution is 5.80. The third-order valence-electron chi connectivity index (χ3n) is 2.47. The molecule has 5 heteroatoms. The van der Waals surface area contributed by atoms with Gasteiger partial charge in [-0.3, -0.25) is 9.59 Å². The average molecular weight is 214 g/mol. The predicted octanol–water partition coefficient (Wildman–Crippen LogP) is -0.194. The van der Waals surface area contributed by atoms with Crippen molar-refractivity contribution in [1.29, 1.82) is 0 Å². The van der Waals surface area contributed by atoms with Gasteiger partial charge in [0.2, 0.25) is 11.8 Å². The van der Waals surface area contributed by atoms with Gasteiger partial charge in [-0.1, -0.05) is 0 Å². The molecule has 0 saturated carbocycles. The van der Waals surface area contributed by atoms with E-state index < -0.39 is 0 Å². The molecule has 15 heavy (non-hydrogen) atoms. The smallest absolute Gasteiger partial charge is 0.248 e. The molecule has 0 bridgehead atoms. The molecule has 0 radical (unpaired) electrons. The van der Waals surface area contributed by atoms with Crippen LogP contribution in [0.4, 0.5) is 0 Å². The van der Waals surface area contributed by atoms with Crippen molar-refractivity contribution >= 4 is 11.8 Å². The molecular weight excluding hydrogens is 196 g/mol. The topological polar surface area (TPSA) is 67.4 Å². The fourth-order valence-electron chi connectivity index (χ4n) is 1.66. The molecule has 5 nitrogen and oxygen atoms in total. The molecule has 2 unspecified atom stereocenters. The van der Waals surface area contributed by atoms with Gasteiger partial charge in [-0.05, 0) is 19.3 Å². The first kappa shape index (κ1) is 12.0. The Morgan fingerprint density at radius 2 is 2.13 bits per heavy atom. The number of amides is 2. The molecule has 2 atom stereocenters. The molecule has 86 valence electrons. The monoisotopic (exact) mass is 214 g/mol. The molecule has 1 rings (SSSR count). The Balaban J connectivity index is 2.35. The summed E-state index contributed by atoms with van der Waals surface area (Å²) in [5.41, 5.74) is 0. The number of carbonyl (C=O) groups is 2. The third kappa shape index (κ3) is 3.87. The van der Waals surface area contributed by atoms with E-state index in [-0.39, 0.29) is 24.0 Å². The number of hydrogen-bond acceptors (Lipinski definition) is 3. The zero-order chi connectivity index (χ0) is 11.3. The molecule has 1 fully saturated rings. The van der Waals surface area contributed by atoms with E-state index in [0.717, 1.165) is 19.3 Å². The van der Waals surface area contributed by atoms with Crippen LogP contribution in [0.15, 0.2) is 0 Å². The van der Waals surface area contributed by atoms with E-state index in [1.54, 1.807) is 7.05 Å². The van der Waals surface area contributed by atoms with Crippen LogP contribution in [0.1, 0.15) is 26.2 Å². The lowest BCUT2D eigenvalue weighted by Gasteiger charge is -2.28. The first-order chi connectivity index (χ1) is 7.13. The van der Waals surface area contributed by atoms with Crippen LogP contribution >= 0.6 is 0 Å². The van der Waals surface area contributed by atoms with E-state index in [2.05, 4.69) is 10.6 Å². The van der Waals surface area contributed by atoms with Crippen LogP contribution in [0.25, 0.3) is 0 Å². The molecule has 1 heterocycles. The van der Waals surface area contributed by atoms with Gasteiger partial charge in [0, 0.05) is 20.5 Å². The maximum absolute atomic E-state index is 11.3.